The van der Waals surface area contributed by atoms with E-state index in [0.717, 1.165) is 27.9 Å². The van der Waals surface area contributed by atoms with Crippen LogP contribution in [0.15, 0.2) is 91.0 Å². The number of fused-ring (bicyclic) bond motifs is 2. The maximum absolute atomic E-state index is 15.4. The molecule has 5 heterocycles. The summed E-state index contributed by atoms with van der Waals surface area (Å²) in [6.45, 7) is 9.15. The van der Waals surface area contributed by atoms with Crippen molar-refractivity contribution >= 4 is 23.4 Å². The number of aromatic hydroxyl groups is 1. The number of alkyl halides is 1. The predicted octanol–water partition coefficient (Wildman–Crippen LogP) is 7.89. The summed E-state index contributed by atoms with van der Waals surface area (Å²) in [5.41, 5.74) is 10.9. The van der Waals surface area contributed by atoms with Crippen molar-refractivity contribution in [2.45, 2.75) is 65.3 Å². The summed E-state index contributed by atoms with van der Waals surface area (Å²) >= 11 is 0. The number of benzene rings is 4. The molecule has 0 unspecified atom stereocenters. The van der Waals surface area contributed by atoms with E-state index in [2.05, 4.69) is 36.5 Å². The fraction of sp³-hybridized carbons (Fsp3) is 0.321. The van der Waals surface area contributed by atoms with Crippen molar-refractivity contribution in [3.05, 3.63) is 147 Å². The molecule has 0 bridgehead atoms. The fourth-order valence-corrected chi connectivity index (χ4v) is 9.73. The Kier molecular flexibility index (Phi) is 12.0. The lowest BCUT2D eigenvalue weighted by molar-refractivity contribution is -0.131. The molecular weight excluding hydrogens is 834 g/mol. The van der Waals surface area contributed by atoms with Crippen LogP contribution in [0.2, 0.25) is 0 Å². The first-order chi connectivity index (χ1) is 31.8. The van der Waals surface area contributed by atoms with Gasteiger partial charge in [-0.1, -0.05) is 36.4 Å². The number of rotatable bonds is 11. The maximum Gasteiger partial charge on any atom is 0.258 e. The van der Waals surface area contributed by atoms with Crippen LogP contribution in [0.5, 0.6) is 11.5 Å². The van der Waals surface area contributed by atoms with Crippen LogP contribution < -0.4 is 10.1 Å². The van der Waals surface area contributed by atoms with Crippen molar-refractivity contribution in [1.29, 1.82) is 5.26 Å². The smallest absolute Gasteiger partial charge is 0.258 e. The Morgan fingerprint density at radius 3 is 2.29 bits per heavy atom. The Hall–Kier alpha value is -7.17. The third kappa shape index (κ3) is 8.44. The largest absolute Gasteiger partial charge is 0.508 e. The highest BCUT2D eigenvalue weighted by atomic mass is 19.1. The second-order valence-corrected chi connectivity index (χ2v) is 18.0. The highest BCUT2D eigenvalue weighted by Crippen LogP contribution is 2.44. The molecule has 6 aromatic rings. The van der Waals surface area contributed by atoms with Gasteiger partial charge in [0.25, 0.3) is 11.8 Å². The molecule has 0 radical (unpaired) electrons. The molecule has 13 heteroatoms. The minimum Gasteiger partial charge on any atom is -0.508 e. The number of hydrogen-bond donors (Lipinski definition) is 2. The quantitative estimate of drug-likeness (QED) is 0.126. The van der Waals surface area contributed by atoms with Gasteiger partial charge in [0, 0.05) is 98.7 Å². The Morgan fingerprint density at radius 1 is 0.864 bits per heavy atom. The summed E-state index contributed by atoms with van der Waals surface area (Å²) in [4.78, 5) is 49.8. The minimum atomic E-state index is -0.745. The number of phenols is 1. The van der Waals surface area contributed by atoms with Gasteiger partial charge in [-0.2, -0.15) is 5.26 Å². The number of halogens is 1. The molecule has 9 rings (SSSR count). The van der Waals surface area contributed by atoms with Crippen molar-refractivity contribution in [2.75, 3.05) is 38.1 Å². The van der Waals surface area contributed by atoms with Crippen LogP contribution in [-0.2, 0) is 51.2 Å². The highest BCUT2D eigenvalue weighted by molar-refractivity contribution is 6.14. The summed E-state index contributed by atoms with van der Waals surface area (Å²) in [5, 5.41) is 23.2. The molecule has 4 aromatic carbocycles. The first kappa shape index (κ1) is 44.1. The number of nitrogens with zero attached hydrogens (tertiary/aromatic N) is 6. The van der Waals surface area contributed by atoms with Crippen LogP contribution in [0.1, 0.15) is 72.5 Å². The molecule has 338 valence electrons. The van der Waals surface area contributed by atoms with Crippen molar-refractivity contribution < 1.29 is 28.6 Å². The molecule has 2 N–H and O–H groups in total. The summed E-state index contributed by atoms with van der Waals surface area (Å²) in [6, 6.07) is 30.1. The molecule has 12 nitrogen and oxygen atoms in total. The van der Waals surface area contributed by atoms with Crippen molar-refractivity contribution in [2.24, 2.45) is 14.1 Å². The summed E-state index contributed by atoms with van der Waals surface area (Å²) in [5.74, 6) is 0.219. The average Bonchev–Trinajstić information content (AvgIpc) is 3.74. The lowest BCUT2D eigenvalue weighted by Crippen LogP contribution is -2.49. The van der Waals surface area contributed by atoms with Gasteiger partial charge >= 0.3 is 0 Å². The van der Waals surface area contributed by atoms with Crippen LogP contribution in [0.3, 0.4) is 0 Å². The number of aromatic nitrogens is 2. The van der Waals surface area contributed by atoms with Crippen molar-refractivity contribution in [3.63, 3.8) is 0 Å². The Balaban J connectivity index is 1.09. The lowest BCUT2D eigenvalue weighted by Gasteiger charge is -2.36. The van der Waals surface area contributed by atoms with E-state index in [1.807, 2.05) is 94.2 Å². The van der Waals surface area contributed by atoms with Crippen LogP contribution in [-0.4, -0.2) is 91.7 Å². The molecule has 3 aliphatic heterocycles. The average molecular weight is 888 g/mol. The number of nitriles is 1. The van der Waals surface area contributed by atoms with Gasteiger partial charge in [0.2, 0.25) is 5.91 Å². The predicted molar refractivity (Wildman–Crippen MR) is 251 cm³/mol. The third-order valence-corrected chi connectivity index (χ3v) is 13.8. The molecule has 1 atom stereocenters. The highest BCUT2D eigenvalue weighted by Gasteiger charge is 2.35. The topological polar surface area (TPSA) is 136 Å². The summed E-state index contributed by atoms with van der Waals surface area (Å²) in [7, 11) is 3.72. The lowest BCUT2D eigenvalue weighted by atomic mass is 9.87. The van der Waals surface area contributed by atoms with E-state index in [0.29, 0.717) is 115 Å². The molecule has 1 saturated heterocycles. The van der Waals surface area contributed by atoms with Gasteiger partial charge < -0.3 is 34.1 Å². The Morgan fingerprint density at radius 2 is 1.59 bits per heavy atom. The summed E-state index contributed by atoms with van der Waals surface area (Å²) < 4.78 is 22.8. The van der Waals surface area contributed by atoms with Crippen LogP contribution in [0.25, 0.3) is 22.4 Å². The van der Waals surface area contributed by atoms with Crippen LogP contribution in [0.4, 0.5) is 10.1 Å². The molecule has 0 spiro atoms. The number of anilines is 1. The van der Waals surface area contributed by atoms with E-state index >= 15 is 4.79 Å². The molecule has 0 saturated carbocycles. The van der Waals surface area contributed by atoms with Gasteiger partial charge in [0.1, 0.15) is 36.0 Å². The summed E-state index contributed by atoms with van der Waals surface area (Å²) in [6.07, 6.45) is 0.717. The Bertz CT molecular complexity index is 2900. The zero-order chi connectivity index (χ0) is 46.4. The van der Waals surface area contributed by atoms with E-state index in [-0.39, 0.29) is 35.9 Å². The molecular formula is C53H54FN7O5. The van der Waals surface area contributed by atoms with Crippen LogP contribution >= 0.6 is 0 Å². The number of carbonyl (C=O) groups is 3. The van der Waals surface area contributed by atoms with E-state index in [1.54, 1.807) is 18.2 Å². The number of hydrogen-bond acceptors (Lipinski definition) is 7. The minimum absolute atomic E-state index is 0.0245. The number of nitrogens with one attached hydrogen (secondary N) is 1. The monoisotopic (exact) mass is 887 g/mol. The molecule has 3 amide bonds. The molecule has 1 fully saturated rings. The zero-order valence-corrected chi connectivity index (χ0v) is 38.0. The molecule has 3 aliphatic rings. The van der Waals surface area contributed by atoms with Crippen molar-refractivity contribution in [1.82, 2.24) is 23.8 Å². The fourth-order valence-electron chi connectivity index (χ4n) is 9.73. The van der Waals surface area contributed by atoms with Gasteiger partial charge in [0.05, 0.1) is 17.7 Å². The van der Waals surface area contributed by atoms with Gasteiger partial charge in [-0.3, -0.25) is 19.3 Å². The van der Waals surface area contributed by atoms with E-state index in [1.165, 1.54) is 17.7 Å². The Labute approximate surface area is 384 Å². The first-order valence-corrected chi connectivity index (χ1v) is 22.5. The van der Waals surface area contributed by atoms with E-state index in [9.17, 15) is 24.3 Å². The maximum atomic E-state index is 15.4. The SMILES string of the molecule is Cc1c(-c2c(C(=O)Nc3ccc(O)cc3)c(C)n(C)c2-c2cc3c(cc2C(=O)N2Cc4ccccc4C[C@H]2C)CN(C(=O)Cc2ccc(OCCN4CC(F)C4)cc2)CC3)cc(C#N)n1C. The number of phenolic OH excluding ortho intramolecular Hbond substituents is 1. The molecule has 2 aromatic heterocycles. The normalized spacial score (nSPS) is 16.0. The number of likely N-dealkylation sites (tertiary alicyclic amines) is 1. The van der Waals surface area contributed by atoms with Gasteiger partial charge in [-0.15, -0.1) is 0 Å². The van der Waals surface area contributed by atoms with Gasteiger partial charge in [-0.05, 0) is 116 Å². The van der Waals surface area contributed by atoms with E-state index < -0.39 is 6.17 Å². The zero-order valence-electron chi connectivity index (χ0n) is 38.0. The number of carbonyl (C=O) groups excluding carboxylic acids is 3. The first-order valence-electron chi connectivity index (χ1n) is 22.5. The third-order valence-electron chi connectivity index (χ3n) is 13.8. The van der Waals surface area contributed by atoms with Gasteiger partial charge in [-0.25, -0.2) is 4.39 Å². The van der Waals surface area contributed by atoms with E-state index in [4.69, 9.17) is 4.74 Å². The van der Waals surface area contributed by atoms with Crippen molar-refractivity contribution in [3.8, 4) is 40.0 Å². The number of ether oxygens (including phenoxy) is 1. The second-order valence-electron chi connectivity index (χ2n) is 18.0. The van der Waals surface area contributed by atoms with Crippen LogP contribution in [0, 0.1) is 25.2 Å². The van der Waals surface area contributed by atoms with Gasteiger partial charge in [0.15, 0.2) is 0 Å². The standard InChI is InChI=1S/C53H54FN7O5/c1-32-22-36-8-6-7-9-38(36)29-61(32)53(65)47-25-39-28-60(48(63)23-35-10-16-44(17-11-35)66-21-20-59-30-40(54)31-59)19-18-37(39)24-46(47)51-50(45-26-42(27-55)57(4)33(45)2)49(34(3)58(51)5)52(64)56-41-12-14-43(62)15-13-41/h6-17,24-26,32,40,62H,18-23,28-31H2,1-5H3,(H,56,64)/t32-/m1/s1. The second kappa shape index (κ2) is 18.0. The number of amides is 3. The molecule has 0 aliphatic carbocycles. The molecule has 66 heavy (non-hydrogen) atoms.